The van der Waals surface area contributed by atoms with Gasteiger partial charge in [0.2, 0.25) is 0 Å². The Kier molecular flexibility index (Phi) is 7.85. The lowest BCUT2D eigenvalue weighted by Gasteiger charge is -2.36. The van der Waals surface area contributed by atoms with E-state index in [1.165, 1.54) is 72.3 Å². The number of furan rings is 1. The van der Waals surface area contributed by atoms with Crippen molar-refractivity contribution in [2.45, 2.75) is 5.41 Å². The van der Waals surface area contributed by atoms with Crippen LogP contribution in [0.4, 0.5) is 17.1 Å². The molecule has 1 heterocycles. The van der Waals surface area contributed by atoms with Crippen molar-refractivity contribution in [1.82, 2.24) is 0 Å². The van der Waals surface area contributed by atoms with Gasteiger partial charge in [0.1, 0.15) is 11.2 Å². The zero-order chi connectivity index (χ0) is 41.5. The average Bonchev–Trinajstić information content (AvgIpc) is 3.83. The van der Waals surface area contributed by atoms with Crippen molar-refractivity contribution >= 4 is 39.0 Å². The van der Waals surface area contributed by atoms with Crippen LogP contribution in [0.15, 0.2) is 241 Å². The van der Waals surface area contributed by atoms with Gasteiger partial charge in [-0.25, -0.2) is 0 Å². The molecular formula is C61H39NO. The van der Waals surface area contributed by atoms with Gasteiger partial charge in [-0.3, -0.25) is 0 Å². The Hall–Kier alpha value is -8.20. The molecule has 1 spiro atoms. The summed E-state index contributed by atoms with van der Waals surface area (Å²) in [6.07, 6.45) is 0. The maximum Gasteiger partial charge on any atom is 0.136 e. The van der Waals surface area contributed by atoms with Gasteiger partial charge in [-0.05, 0) is 121 Å². The summed E-state index contributed by atoms with van der Waals surface area (Å²) in [5, 5.41) is 2.26. The number of para-hydroxylation sites is 2. The van der Waals surface area contributed by atoms with Crippen LogP contribution in [0.25, 0.3) is 77.6 Å². The molecule has 13 rings (SSSR count). The summed E-state index contributed by atoms with van der Waals surface area (Å²) < 4.78 is 6.61. The Morgan fingerprint density at radius 3 is 1.51 bits per heavy atom. The summed E-state index contributed by atoms with van der Waals surface area (Å²) in [6, 6.07) is 86.9. The summed E-state index contributed by atoms with van der Waals surface area (Å²) in [5.41, 5.74) is 21.6. The zero-order valence-corrected chi connectivity index (χ0v) is 34.4. The van der Waals surface area contributed by atoms with Crippen molar-refractivity contribution in [1.29, 1.82) is 0 Å². The Morgan fingerprint density at radius 2 is 0.794 bits per heavy atom. The molecule has 2 aliphatic rings. The van der Waals surface area contributed by atoms with Gasteiger partial charge in [-0.2, -0.15) is 0 Å². The van der Waals surface area contributed by atoms with Crippen molar-refractivity contribution < 1.29 is 4.42 Å². The monoisotopic (exact) mass is 801 g/mol. The highest BCUT2D eigenvalue weighted by atomic mass is 16.3. The van der Waals surface area contributed by atoms with E-state index in [4.69, 9.17) is 4.42 Å². The Labute approximate surface area is 366 Å². The average molecular weight is 802 g/mol. The molecule has 11 aromatic rings. The van der Waals surface area contributed by atoms with Gasteiger partial charge < -0.3 is 9.32 Å². The molecule has 1 unspecified atom stereocenters. The predicted molar refractivity (Wildman–Crippen MR) is 261 cm³/mol. The minimum absolute atomic E-state index is 0.679. The van der Waals surface area contributed by atoms with Crippen LogP contribution in [0.1, 0.15) is 22.3 Å². The van der Waals surface area contributed by atoms with Gasteiger partial charge >= 0.3 is 0 Å². The van der Waals surface area contributed by atoms with Crippen molar-refractivity contribution in [3.63, 3.8) is 0 Å². The van der Waals surface area contributed by atoms with Crippen molar-refractivity contribution in [2.75, 3.05) is 4.90 Å². The van der Waals surface area contributed by atoms with E-state index in [-0.39, 0.29) is 0 Å². The van der Waals surface area contributed by atoms with E-state index in [0.717, 1.165) is 44.6 Å². The molecule has 0 amide bonds. The molecule has 0 N–H and O–H groups in total. The van der Waals surface area contributed by atoms with Crippen LogP contribution >= 0.6 is 0 Å². The molecule has 10 aromatic carbocycles. The lowest BCUT2D eigenvalue weighted by molar-refractivity contribution is 0.668. The highest BCUT2D eigenvalue weighted by Gasteiger charge is 2.50. The first-order valence-corrected chi connectivity index (χ1v) is 21.8. The van der Waals surface area contributed by atoms with Crippen molar-refractivity contribution in [2.24, 2.45) is 0 Å². The zero-order valence-electron chi connectivity index (χ0n) is 34.4. The maximum absolute atomic E-state index is 6.61. The molecule has 0 radical (unpaired) electrons. The smallest absolute Gasteiger partial charge is 0.136 e. The number of hydrogen-bond donors (Lipinski definition) is 0. The summed E-state index contributed by atoms with van der Waals surface area (Å²) in [7, 11) is 0. The predicted octanol–water partition coefficient (Wildman–Crippen LogP) is 16.4. The summed E-state index contributed by atoms with van der Waals surface area (Å²) in [6.45, 7) is 0. The number of hydrogen-bond acceptors (Lipinski definition) is 2. The lowest BCUT2D eigenvalue weighted by Crippen LogP contribution is -2.29. The van der Waals surface area contributed by atoms with Gasteiger partial charge in [0.15, 0.2) is 0 Å². The Bertz CT molecular complexity index is 3570. The van der Waals surface area contributed by atoms with Gasteiger partial charge in [-0.15, -0.1) is 0 Å². The summed E-state index contributed by atoms with van der Waals surface area (Å²) >= 11 is 0. The highest BCUT2D eigenvalue weighted by molar-refractivity contribution is 6.09. The molecule has 0 aliphatic heterocycles. The van der Waals surface area contributed by atoms with Crippen LogP contribution in [0.5, 0.6) is 0 Å². The fraction of sp³-hybridized carbons (Fsp3) is 0.0164. The molecule has 0 saturated heterocycles. The van der Waals surface area contributed by atoms with E-state index in [1.807, 2.05) is 0 Å². The van der Waals surface area contributed by atoms with E-state index < -0.39 is 5.41 Å². The largest absolute Gasteiger partial charge is 0.456 e. The fourth-order valence-electron chi connectivity index (χ4n) is 10.8. The topological polar surface area (TPSA) is 16.4 Å². The normalized spacial score (nSPS) is 14.4. The van der Waals surface area contributed by atoms with Gasteiger partial charge in [-0.1, -0.05) is 188 Å². The third-order valence-corrected chi connectivity index (χ3v) is 13.5. The quantitative estimate of drug-likeness (QED) is 0.172. The van der Waals surface area contributed by atoms with Gasteiger partial charge in [0, 0.05) is 27.7 Å². The molecule has 1 atom stereocenters. The fourth-order valence-corrected chi connectivity index (χ4v) is 10.8. The molecule has 63 heavy (non-hydrogen) atoms. The minimum atomic E-state index is -0.679. The molecule has 2 aliphatic carbocycles. The second-order valence-electron chi connectivity index (χ2n) is 16.7. The van der Waals surface area contributed by atoms with E-state index in [9.17, 15) is 0 Å². The van der Waals surface area contributed by atoms with E-state index in [1.54, 1.807) is 0 Å². The van der Waals surface area contributed by atoms with Crippen LogP contribution in [-0.4, -0.2) is 0 Å². The minimum Gasteiger partial charge on any atom is -0.456 e. The molecule has 1 aromatic heterocycles. The Balaban J connectivity index is 1.15. The second kappa shape index (κ2) is 13.9. The van der Waals surface area contributed by atoms with Gasteiger partial charge in [0.05, 0.1) is 11.1 Å². The van der Waals surface area contributed by atoms with Crippen LogP contribution < -0.4 is 4.90 Å². The number of anilines is 3. The lowest BCUT2D eigenvalue weighted by atomic mass is 9.65. The maximum atomic E-state index is 6.61. The molecule has 2 nitrogen and oxygen atoms in total. The number of nitrogens with zero attached hydrogens (tertiary/aromatic N) is 1. The number of benzene rings is 10. The molecule has 0 fully saturated rings. The van der Waals surface area contributed by atoms with Crippen LogP contribution in [0.3, 0.4) is 0 Å². The summed E-state index contributed by atoms with van der Waals surface area (Å²) in [4.78, 5) is 2.46. The Morgan fingerprint density at radius 1 is 0.286 bits per heavy atom. The first-order valence-electron chi connectivity index (χ1n) is 21.8. The number of rotatable bonds is 5. The summed E-state index contributed by atoms with van der Waals surface area (Å²) in [5.74, 6) is 0. The van der Waals surface area contributed by atoms with E-state index >= 15 is 0 Å². The van der Waals surface area contributed by atoms with Crippen molar-refractivity contribution in [3.8, 4) is 55.6 Å². The third-order valence-electron chi connectivity index (χ3n) is 13.5. The first-order chi connectivity index (χ1) is 31.3. The first kappa shape index (κ1) is 35.5. The standard InChI is InChI=1S/C61H39NO/c1-3-17-40(18-4-1)41-31-33-43(34-32-41)62(58-29-15-11-21-45(58)42-19-5-2-6-20-42)44-35-36-50-47-23-8-7-22-46(47)48-24-9-13-27-54(48)61(56(50)37-44)55-28-14-10-25-49(55)52-39-60-53(38-57(52)61)51-26-12-16-30-59(51)63-60/h1-39H. The SMILES string of the molecule is c1ccc(-c2ccc(N(c3ccc4c(c3)C3(c5ccccc5-c5ccccc5-4)c4ccccc4-c4cc5oc6ccccc6c5cc43)c3ccccc3-c3ccccc3)cc2)cc1. The third kappa shape index (κ3) is 5.25. The van der Waals surface area contributed by atoms with Crippen molar-refractivity contribution in [3.05, 3.63) is 259 Å². The molecule has 0 saturated carbocycles. The van der Waals surface area contributed by atoms with Crippen LogP contribution in [-0.2, 0) is 5.41 Å². The van der Waals surface area contributed by atoms with E-state index in [0.29, 0.717) is 0 Å². The number of fused-ring (bicyclic) bond motifs is 15. The molecule has 0 bridgehead atoms. The van der Waals surface area contributed by atoms with Gasteiger partial charge in [0.25, 0.3) is 0 Å². The second-order valence-corrected chi connectivity index (χ2v) is 16.7. The van der Waals surface area contributed by atoms with Crippen LogP contribution in [0, 0.1) is 0 Å². The molecular weight excluding hydrogens is 763 g/mol. The highest BCUT2D eigenvalue weighted by Crippen LogP contribution is 2.63. The van der Waals surface area contributed by atoms with E-state index in [2.05, 4.69) is 241 Å². The van der Waals surface area contributed by atoms with Crippen LogP contribution in [0.2, 0.25) is 0 Å². The molecule has 294 valence electrons. The molecule has 2 heteroatoms.